The molecular formula is C12H20N2. The Balaban J connectivity index is 1.72. The van der Waals surface area contributed by atoms with E-state index in [2.05, 4.69) is 42.2 Å². The van der Waals surface area contributed by atoms with Crippen LogP contribution in [-0.4, -0.2) is 10.6 Å². The van der Waals surface area contributed by atoms with Crippen LogP contribution in [0.2, 0.25) is 0 Å². The third-order valence-corrected chi connectivity index (χ3v) is 3.18. The van der Waals surface area contributed by atoms with Gasteiger partial charge in [-0.05, 0) is 30.9 Å². The van der Waals surface area contributed by atoms with E-state index < -0.39 is 0 Å². The minimum atomic E-state index is 0.796. The topological polar surface area (TPSA) is 17.0 Å². The Hall–Kier alpha value is -0.760. The van der Waals surface area contributed by atoms with Crippen LogP contribution in [0.5, 0.6) is 0 Å². The lowest BCUT2D eigenvalue weighted by atomic mass is 10.2. The second kappa shape index (κ2) is 4.18. The van der Waals surface area contributed by atoms with E-state index in [1.54, 1.807) is 0 Å². The summed E-state index contributed by atoms with van der Waals surface area (Å²) in [6, 6.07) is 5.09. The molecule has 0 bridgehead atoms. The molecule has 1 aromatic heterocycles. The summed E-state index contributed by atoms with van der Waals surface area (Å²) in [5, 5.41) is 3.61. The molecule has 0 aromatic carbocycles. The van der Waals surface area contributed by atoms with Crippen molar-refractivity contribution >= 4 is 0 Å². The van der Waals surface area contributed by atoms with Gasteiger partial charge in [0.05, 0.1) is 0 Å². The van der Waals surface area contributed by atoms with Gasteiger partial charge in [0.2, 0.25) is 0 Å². The van der Waals surface area contributed by atoms with Gasteiger partial charge in [0, 0.05) is 31.5 Å². The number of nitrogens with one attached hydrogen (secondary N) is 1. The largest absolute Gasteiger partial charge is 0.353 e. The minimum Gasteiger partial charge on any atom is -0.353 e. The molecule has 1 aliphatic rings. The second-order valence-electron chi connectivity index (χ2n) is 4.38. The Kier molecular flexibility index (Phi) is 2.92. The summed E-state index contributed by atoms with van der Waals surface area (Å²) in [7, 11) is 2.10. The first-order chi connectivity index (χ1) is 6.81. The smallest absolute Gasteiger partial charge is 0.0361 e. The number of hydrogen-bond acceptors (Lipinski definition) is 1. The van der Waals surface area contributed by atoms with Gasteiger partial charge in [-0.15, -0.1) is 0 Å². The lowest BCUT2D eigenvalue weighted by Crippen LogP contribution is -2.19. The van der Waals surface area contributed by atoms with E-state index in [-0.39, 0.29) is 0 Å². The molecule has 0 aliphatic heterocycles. The van der Waals surface area contributed by atoms with Crippen LogP contribution in [0.3, 0.4) is 0 Å². The van der Waals surface area contributed by atoms with E-state index in [4.69, 9.17) is 0 Å². The van der Waals surface area contributed by atoms with Crippen LogP contribution in [0, 0.1) is 5.92 Å². The lowest BCUT2D eigenvalue weighted by Gasteiger charge is -2.05. The van der Waals surface area contributed by atoms with Crippen LogP contribution in [0.1, 0.15) is 31.9 Å². The zero-order valence-electron chi connectivity index (χ0n) is 9.16. The SMILES string of the molecule is CCCC1CC1NCc1cccn1C. The number of aromatic nitrogens is 1. The third-order valence-electron chi connectivity index (χ3n) is 3.18. The van der Waals surface area contributed by atoms with Gasteiger partial charge in [-0.1, -0.05) is 13.3 Å². The third kappa shape index (κ3) is 2.18. The highest BCUT2D eigenvalue weighted by molar-refractivity contribution is 5.07. The number of hydrogen-bond donors (Lipinski definition) is 1. The van der Waals surface area contributed by atoms with Gasteiger partial charge in [0.1, 0.15) is 0 Å². The predicted octanol–water partition coefficient (Wildman–Crippen LogP) is 2.30. The summed E-state index contributed by atoms with van der Waals surface area (Å²) in [6.07, 6.45) is 6.21. The second-order valence-corrected chi connectivity index (χ2v) is 4.38. The van der Waals surface area contributed by atoms with Crippen molar-refractivity contribution in [2.45, 2.75) is 38.8 Å². The van der Waals surface area contributed by atoms with Gasteiger partial charge in [0.15, 0.2) is 0 Å². The van der Waals surface area contributed by atoms with Crippen molar-refractivity contribution in [3.8, 4) is 0 Å². The highest BCUT2D eigenvalue weighted by atomic mass is 15.0. The first-order valence-electron chi connectivity index (χ1n) is 5.65. The van der Waals surface area contributed by atoms with E-state index in [1.807, 2.05) is 0 Å². The average molecular weight is 192 g/mol. The highest BCUT2D eigenvalue weighted by Gasteiger charge is 2.35. The number of aryl methyl sites for hydroxylation is 1. The number of rotatable bonds is 5. The van der Waals surface area contributed by atoms with Crippen LogP contribution in [0.4, 0.5) is 0 Å². The molecule has 1 fully saturated rings. The lowest BCUT2D eigenvalue weighted by molar-refractivity contribution is 0.585. The van der Waals surface area contributed by atoms with Crippen LogP contribution in [-0.2, 0) is 13.6 Å². The molecule has 14 heavy (non-hydrogen) atoms. The Bertz CT molecular complexity index is 290. The van der Waals surface area contributed by atoms with Gasteiger partial charge >= 0.3 is 0 Å². The summed E-state index contributed by atoms with van der Waals surface area (Å²) >= 11 is 0. The van der Waals surface area contributed by atoms with Crippen LogP contribution in [0.25, 0.3) is 0 Å². The van der Waals surface area contributed by atoms with Crippen molar-refractivity contribution in [2.75, 3.05) is 0 Å². The fourth-order valence-corrected chi connectivity index (χ4v) is 2.10. The summed E-state index contributed by atoms with van der Waals surface area (Å²) in [4.78, 5) is 0. The van der Waals surface area contributed by atoms with E-state index in [0.717, 1.165) is 18.5 Å². The number of nitrogens with zero attached hydrogens (tertiary/aromatic N) is 1. The first kappa shape index (κ1) is 9.78. The molecule has 2 unspecified atom stereocenters. The van der Waals surface area contributed by atoms with Gasteiger partial charge in [0.25, 0.3) is 0 Å². The Morgan fingerprint density at radius 3 is 3.07 bits per heavy atom. The standard InChI is InChI=1S/C12H20N2/c1-3-5-10-8-12(10)13-9-11-6-4-7-14(11)2/h4,6-7,10,12-13H,3,5,8-9H2,1-2H3. The van der Waals surface area contributed by atoms with E-state index >= 15 is 0 Å². The predicted molar refractivity (Wildman–Crippen MR) is 59.1 cm³/mol. The summed E-state index contributed by atoms with van der Waals surface area (Å²) < 4.78 is 2.18. The molecule has 0 radical (unpaired) electrons. The monoisotopic (exact) mass is 192 g/mol. The highest BCUT2D eigenvalue weighted by Crippen LogP contribution is 2.34. The molecule has 1 heterocycles. The summed E-state index contributed by atoms with van der Waals surface area (Å²) in [5.74, 6) is 0.959. The van der Waals surface area contributed by atoms with E-state index in [9.17, 15) is 0 Å². The first-order valence-corrected chi connectivity index (χ1v) is 5.65. The van der Waals surface area contributed by atoms with E-state index in [0.29, 0.717) is 0 Å². The average Bonchev–Trinajstić information content (AvgIpc) is 2.78. The maximum absolute atomic E-state index is 3.61. The van der Waals surface area contributed by atoms with E-state index in [1.165, 1.54) is 25.0 Å². The summed E-state index contributed by atoms with van der Waals surface area (Å²) in [6.45, 7) is 3.29. The van der Waals surface area contributed by atoms with Crippen molar-refractivity contribution in [2.24, 2.45) is 13.0 Å². The maximum atomic E-state index is 3.61. The molecule has 1 aliphatic carbocycles. The molecule has 0 spiro atoms. The van der Waals surface area contributed by atoms with Crippen molar-refractivity contribution < 1.29 is 0 Å². The van der Waals surface area contributed by atoms with Crippen molar-refractivity contribution in [1.29, 1.82) is 0 Å². The van der Waals surface area contributed by atoms with Crippen molar-refractivity contribution in [1.82, 2.24) is 9.88 Å². The van der Waals surface area contributed by atoms with Crippen LogP contribution >= 0.6 is 0 Å². The zero-order valence-corrected chi connectivity index (χ0v) is 9.16. The Labute approximate surface area is 86.3 Å². The van der Waals surface area contributed by atoms with Crippen molar-refractivity contribution in [3.63, 3.8) is 0 Å². The molecule has 2 nitrogen and oxygen atoms in total. The fourth-order valence-electron chi connectivity index (χ4n) is 2.10. The molecule has 1 aromatic rings. The Morgan fingerprint density at radius 1 is 1.57 bits per heavy atom. The van der Waals surface area contributed by atoms with Gasteiger partial charge in [-0.25, -0.2) is 0 Å². The Morgan fingerprint density at radius 2 is 2.43 bits per heavy atom. The normalized spacial score (nSPS) is 25.3. The van der Waals surface area contributed by atoms with Crippen molar-refractivity contribution in [3.05, 3.63) is 24.0 Å². The van der Waals surface area contributed by atoms with Gasteiger partial charge < -0.3 is 9.88 Å². The summed E-state index contributed by atoms with van der Waals surface area (Å²) in [5.41, 5.74) is 1.38. The van der Waals surface area contributed by atoms with Gasteiger partial charge in [-0.2, -0.15) is 0 Å². The molecule has 1 saturated carbocycles. The molecule has 2 rings (SSSR count). The fraction of sp³-hybridized carbons (Fsp3) is 0.667. The molecule has 0 saturated heterocycles. The minimum absolute atomic E-state index is 0.796. The molecule has 78 valence electrons. The van der Waals surface area contributed by atoms with Crippen LogP contribution in [0.15, 0.2) is 18.3 Å². The van der Waals surface area contributed by atoms with Gasteiger partial charge in [-0.3, -0.25) is 0 Å². The molecular weight excluding hydrogens is 172 g/mol. The quantitative estimate of drug-likeness (QED) is 0.757. The molecule has 0 amide bonds. The van der Waals surface area contributed by atoms with Crippen LogP contribution < -0.4 is 5.32 Å². The molecule has 1 N–H and O–H groups in total. The molecule has 2 atom stereocenters. The molecule has 2 heteroatoms. The maximum Gasteiger partial charge on any atom is 0.0361 e. The zero-order chi connectivity index (χ0) is 9.97.